The van der Waals surface area contributed by atoms with E-state index in [4.69, 9.17) is 10.5 Å². The lowest BCUT2D eigenvalue weighted by atomic mass is 10.1. The number of carbonyl (C=O) groups is 1. The number of hydrogen-bond donors (Lipinski definition) is 3. The number of hydrogen-bond acceptors (Lipinski definition) is 4. The van der Waals surface area contributed by atoms with Crippen LogP contribution in [-0.2, 0) is 9.53 Å². The summed E-state index contributed by atoms with van der Waals surface area (Å²) in [5.74, 6) is -0.0329. The molecule has 18 heavy (non-hydrogen) atoms. The molecule has 5 nitrogen and oxygen atoms in total. The van der Waals surface area contributed by atoms with Crippen molar-refractivity contribution in [1.29, 1.82) is 0 Å². The minimum Gasteiger partial charge on any atom is -0.508 e. The van der Waals surface area contributed by atoms with Crippen LogP contribution < -0.4 is 11.1 Å². The molecule has 0 radical (unpaired) electrons. The standard InChI is InChI=1S/C13H20N2O3/c1-8-7-12(16)9(2)6-11(8)15-13(17)10(14)4-5-18-3/h6-7,10,16H,4-5,14H2,1-3H3,(H,15,17). The number of anilines is 1. The summed E-state index contributed by atoms with van der Waals surface area (Å²) in [6, 6.07) is 2.75. The number of carbonyl (C=O) groups excluding carboxylic acids is 1. The fraction of sp³-hybridized carbons (Fsp3) is 0.462. The first kappa shape index (κ1) is 14.5. The van der Waals surface area contributed by atoms with Gasteiger partial charge in [0, 0.05) is 19.4 Å². The van der Waals surface area contributed by atoms with Crippen LogP contribution in [0.2, 0.25) is 0 Å². The van der Waals surface area contributed by atoms with Crippen molar-refractivity contribution in [1.82, 2.24) is 0 Å². The Bertz CT molecular complexity index is 432. The molecular weight excluding hydrogens is 232 g/mol. The van der Waals surface area contributed by atoms with E-state index in [0.717, 1.165) is 5.56 Å². The minimum atomic E-state index is -0.599. The SMILES string of the molecule is COCCC(N)C(=O)Nc1cc(C)c(O)cc1C. The summed E-state index contributed by atoms with van der Waals surface area (Å²) >= 11 is 0. The van der Waals surface area contributed by atoms with E-state index in [-0.39, 0.29) is 11.7 Å². The average Bonchev–Trinajstić information content (AvgIpc) is 2.32. The first-order valence-electron chi connectivity index (χ1n) is 5.81. The molecule has 1 aromatic carbocycles. The lowest BCUT2D eigenvalue weighted by Gasteiger charge is -2.14. The van der Waals surface area contributed by atoms with Crippen molar-refractivity contribution in [3.8, 4) is 5.75 Å². The molecule has 0 saturated heterocycles. The molecule has 1 aromatic rings. The molecular formula is C13H20N2O3. The number of amides is 1. The van der Waals surface area contributed by atoms with Gasteiger partial charge in [-0.1, -0.05) is 0 Å². The lowest BCUT2D eigenvalue weighted by molar-refractivity contribution is -0.117. The Labute approximate surface area is 107 Å². The number of nitrogens with two attached hydrogens (primary N) is 1. The van der Waals surface area contributed by atoms with E-state index in [1.165, 1.54) is 0 Å². The number of nitrogens with one attached hydrogen (secondary N) is 1. The Morgan fingerprint density at radius 1 is 1.44 bits per heavy atom. The summed E-state index contributed by atoms with van der Waals surface area (Å²) in [4.78, 5) is 11.8. The zero-order valence-corrected chi connectivity index (χ0v) is 11.0. The number of benzene rings is 1. The van der Waals surface area contributed by atoms with Gasteiger partial charge < -0.3 is 20.9 Å². The highest BCUT2D eigenvalue weighted by molar-refractivity contribution is 5.95. The van der Waals surface area contributed by atoms with Gasteiger partial charge in [-0.15, -0.1) is 0 Å². The molecule has 1 amide bonds. The van der Waals surface area contributed by atoms with Gasteiger partial charge in [0.05, 0.1) is 6.04 Å². The Kier molecular flexibility index (Phi) is 5.12. The largest absolute Gasteiger partial charge is 0.508 e. The molecule has 5 heteroatoms. The van der Waals surface area contributed by atoms with E-state index in [1.54, 1.807) is 26.2 Å². The number of rotatable bonds is 5. The van der Waals surface area contributed by atoms with Crippen molar-refractivity contribution in [3.05, 3.63) is 23.3 Å². The van der Waals surface area contributed by atoms with Crippen LogP contribution in [0.1, 0.15) is 17.5 Å². The first-order valence-corrected chi connectivity index (χ1v) is 5.81. The molecule has 4 N–H and O–H groups in total. The highest BCUT2D eigenvalue weighted by Gasteiger charge is 2.14. The predicted octanol–water partition coefficient (Wildman–Crippen LogP) is 1.31. The molecule has 0 aliphatic carbocycles. The molecule has 1 atom stereocenters. The smallest absolute Gasteiger partial charge is 0.241 e. The number of ether oxygens (including phenoxy) is 1. The molecule has 0 saturated carbocycles. The minimum absolute atomic E-state index is 0.217. The van der Waals surface area contributed by atoms with Crippen molar-refractivity contribution in [2.75, 3.05) is 19.0 Å². The maximum Gasteiger partial charge on any atom is 0.241 e. The second-order valence-electron chi connectivity index (χ2n) is 4.33. The molecule has 1 unspecified atom stereocenters. The van der Waals surface area contributed by atoms with E-state index in [2.05, 4.69) is 5.32 Å². The second-order valence-corrected chi connectivity index (χ2v) is 4.33. The van der Waals surface area contributed by atoms with Crippen LogP contribution in [0.3, 0.4) is 0 Å². The summed E-state index contributed by atoms with van der Waals surface area (Å²) < 4.78 is 4.88. The van der Waals surface area contributed by atoms with Gasteiger partial charge in [-0.2, -0.15) is 0 Å². The quantitative estimate of drug-likeness (QED) is 0.690. The van der Waals surface area contributed by atoms with Gasteiger partial charge in [0.15, 0.2) is 0 Å². The lowest BCUT2D eigenvalue weighted by Crippen LogP contribution is -2.36. The van der Waals surface area contributed by atoms with Gasteiger partial charge in [0.1, 0.15) is 5.75 Å². The third-order valence-electron chi connectivity index (χ3n) is 2.77. The molecule has 100 valence electrons. The van der Waals surface area contributed by atoms with Crippen molar-refractivity contribution in [2.24, 2.45) is 5.73 Å². The van der Waals surface area contributed by atoms with Gasteiger partial charge in [0.25, 0.3) is 0 Å². The molecule has 0 bridgehead atoms. The summed E-state index contributed by atoms with van der Waals surface area (Å²) in [5, 5.41) is 12.3. The maximum atomic E-state index is 11.8. The third-order valence-corrected chi connectivity index (χ3v) is 2.77. The fourth-order valence-electron chi connectivity index (χ4n) is 1.54. The Hall–Kier alpha value is -1.59. The zero-order valence-electron chi connectivity index (χ0n) is 11.0. The molecule has 0 aromatic heterocycles. The van der Waals surface area contributed by atoms with Crippen LogP contribution in [0.25, 0.3) is 0 Å². The van der Waals surface area contributed by atoms with Crippen molar-refractivity contribution in [3.63, 3.8) is 0 Å². The average molecular weight is 252 g/mol. The highest BCUT2D eigenvalue weighted by atomic mass is 16.5. The topological polar surface area (TPSA) is 84.6 Å². The van der Waals surface area contributed by atoms with Gasteiger partial charge in [-0.25, -0.2) is 0 Å². The van der Waals surface area contributed by atoms with Gasteiger partial charge in [0.2, 0.25) is 5.91 Å². The Balaban J connectivity index is 2.72. The maximum absolute atomic E-state index is 11.8. The van der Waals surface area contributed by atoms with Crippen molar-refractivity contribution in [2.45, 2.75) is 26.3 Å². The number of aromatic hydroxyl groups is 1. The molecule has 0 fully saturated rings. The van der Waals surface area contributed by atoms with Gasteiger partial charge in [-0.05, 0) is 43.5 Å². The van der Waals surface area contributed by atoms with Gasteiger partial charge >= 0.3 is 0 Å². The molecule has 0 spiro atoms. The van der Waals surface area contributed by atoms with Gasteiger partial charge in [-0.3, -0.25) is 4.79 Å². The van der Waals surface area contributed by atoms with Crippen molar-refractivity contribution >= 4 is 11.6 Å². The first-order chi connectivity index (χ1) is 8.45. The Morgan fingerprint density at radius 2 is 2.11 bits per heavy atom. The van der Waals surface area contributed by atoms with E-state index in [1.807, 2.05) is 6.92 Å². The van der Waals surface area contributed by atoms with Crippen LogP contribution >= 0.6 is 0 Å². The predicted molar refractivity (Wildman–Crippen MR) is 70.7 cm³/mol. The molecule has 0 aliphatic rings. The summed E-state index contributed by atoms with van der Waals surface area (Å²) in [6.07, 6.45) is 0.471. The molecule has 0 aliphatic heterocycles. The van der Waals surface area contributed by atoms with E-state index in [9.17, 15) is 9.90 Å². The van der Waals surface area contributed by atoms with Crippen LogP contribution in [0.15, 0.2) is 12.1 Å². The number of phenols is 1. The summed E-state index contributed by atoms with van der Waals surface area (Å²) in [7, 11) is 1.57. The van der Waals surface area contributed by atoms with Crippen molar-refractivity contribution < 1.29 is 14.6 Å². The van der Waals surface area contributed by atoms with E-state index >= 15 is 0 Å². The molecule has 0 heterocycles. The summed E-state index contributed by atoms with van der Waals surface area (Å²) in [6.45, 7) is 4.03. The third kappa shape index (κ3) is 3.72. The normalized spacial score (nSPS) is 12.2. The highest BCUT2D eigenvalue weighted by Crippen LogP contribution is 2.24. The van der Waals surface area contributed by atoms with Crippen LogP contribution in [0.4, 0.5) is 5.69 Å². The van der Waals surface area contributed by atoms with Crippen LogP contribution in [-0.4, -0.2) is 30.8 Å². The number of aryl methyl sites for hydroxylation is 2. The summed E-state index contributed by atoms with van der Waals surface area (Å²) in [5.41, 5.74) is 7.90. The fourth-order valence-corrected chi connectivity index (χ4v) is 1.54. The number of methoxy groups -OCH3 is 1. The monoisotopic (exact) mass is 252 g/mol. The zero-order chi connectivity index (χ0) is 13.7. The molecule has 1 rings (SSSR count). The van der Waals surface area contributed by atoms with Crippen LogP contribution in [0, 0.1) is 13.8 Å². The number of phenolic OH excluding ortho intramolecular Hbond substituents is 1. The van der Waals surface area contributed by atoms with E-state index in [0.29, 0.717) is 24.3 Å². The van der Waals surface area contributed by atoms with E-state index < -0.39 is 6.04 Å². The Morgan fingerprint density at radius 3 is 2.72 bits per heavy atom. The van der Waals surface area contributed by atoms with Crippen LogP contribution in [0.5, 0.6) is 5.75 Å². The second kappa shape index (κ2) is 6.37.